The third-order valence-electron chi connectivity index (χ3n) is 4.06. The van der Waals surface area contributed by atoms with E-state index in [0.717, 1.165) is 54.0 Å². The van der Waals surface area contributed by atoms with E-state index in [1.54, 1.807) is 28.8 Å². The number of nitrogens with one attached hydrogen (secondary N) is 2. The summed E-state index contributed by atoms with van der Waals surface area (Å²) in [5, 5.41) is 19.1. The van der Waals surface area contributed by atoms with Gasteiger partial charge in [0.05, 0.1) is 5.69 Å². The molecule has 0 saturated heterocycles. The minimum atomic E-state index is 0.702. The summed E-state index contributed by atoms with van der Waals surface area (Å²) in [6.07, 6.45) is 4.46. The zero-order valence-corrected chi connectivity index (χ0v) is 15.2. The second kappa shape index (κ2) is 7.75. The van der Waals surface area contributed by atoms with Crippen LogP contribution in [0.3, 0.4) is 0 Å². The smallest absolute Gasteiger partial charge is 0.209 e. The Labute approximate surface area is 155 Å². The molecule has 4 rings (SSSR count). The Morgan fingerprint density at radius 1 is 1.35 bits per heavy atom. The lowest BCUT2D eigenvalue weighted by Gasteiger charge is -2.20. The van der Waals surface area contributed by atoms with Crippen molar-refractivity contribution in [3.63, 3.8) is 0 Å². The number of hydrogen-bond donors (Lipinski definition) is 2. The quantitative estimate of drug-likeness (QED) is 0.484. The van der Waals surface area contributed by atoms with Gasteiger partial charge in [-0.2, -0.15) is 0 Å². The molecule has 26 heavy (non-hydrogen) atoms. The Balaban J connectivity index is 1.51. The van der Waals surface area contributed by atoms with Gasteiger partial charge in [0.2, 0.25) is 5.16 Å². The summed E-state index contributed by atoms with van der Waals surface area (Å²) in [6.45, 7) is 2.47. The fourth-order valence-electron chi connectivity index (χ4n) is 2.79. The number of pyridine rings is 1. The molecule has 1 aliphatic heterocycles. The van der Waals surface area contributed by atoms with E-state index < -0.39 is 0 Å². The number of hydrogen-bond acceptors (Lipinski definition) is 9. The Bertz CT molecular complexity index is 881. The van der Waals surface area contributed by atoms with E-state index >= 15 is 0 Å². The molecule has 0 aromatic carbocycles. The molecule has 0 fully saturated rings. The average molecular weight is 369 g/mol. The highest BCUT2D eigenvalue weighted by atomic mass is 32.2. The first-order valence-corrected chi connectivity index (χ1v) is 9.40. The number of fused-ring (bicyclic) bond motifs is 1. The molecular formula is C16H19N9S. The van der Waals surface area contributed by atoms with Crippen LogP contribution in [0.2, 0.25) is 0 Å². The zero-order valence-electron chi connectivity index (χ0n) is 14.4. The molecule has 0 aliphatic carbocycles. The van der Waals surface area contributed by atoms with Gasteiger partial charge < -0.3 is 10.6 Å². The molecule has 0 saturated carbocycles. The third kappa shape index (κ3) is 3.65. The molecule has 0 atom stereocenters. The molecule has 0 unspecified atom stereocenters. The Morgan fingerprint density at radius 2 is 2.31 bits per heavy atom. The van der Waals surface area contributed by atoms with Crippen molar-refractivity contribution in [1.82, 2.24) is 40.5 Å². The van der Waals surface area contributed by atoms with E-state index in [4.69, 9.17) is 9.97 Å². The van der Waals surface area contributed by atoms with Crippen molar-refractivity contribution in [2.45, 2.75) is 18.1 Å². The van der Waals surface area contributed by atoms with Crippen LogP contribution in [0.15, 0.2) is 29.7 Å². The molecule has 9 nitrogen and oxygen atoms in total. The molecule has 0 bridgehead atoms. The van der Waals surface area contributed by atoms with Crippen molar-refractivity contribution >= 4 is 17.6 Å². The first-order chi connectivity index (χ1) is 12.8. The van der Waals surface area contributed by atoms with Crippen LogP contribution in [-0.4, -0.2) is 54.0 Å². The molecule has 3 aromatic rings. The Hall–Kier alpha value is -2.59. The van der Waals surface area contributed by atoms with Gasteiger partial charge in [0.25, 0.3) is 0 Å². The van der Waals surface area contributed by atoms with Gasteiger partial charge in [0.1, 0.15) is 5.82 Å². The summed E-state index contributed by atoms with van der Waals surface area (Å²) in [4.78, 5) is 13.7. The summed E-state index contributed by atoms with van der Waals surface area (Å²) >= 11 is 1.61. The largest absolute Gasteiger partial charge is 0.369 e. The van der Waals surface area contributed by atoms with E-state index in [2.05, 4.69) is 31.1 Å². The third-order valence-corrected chi connectivity index (χ3v) is 5.08. The Kier molecular flexibility index (Phi) is 5.02. The monoisotopic (exact) mass is 369 g/mol. The van der Waals surface area contributed by atoms with Crippen LogP contribution in [0.25, 0.3) is 11.4 Å². The van der Waals surface area contributed by atoms with E-state index in [-0.39, 0.29) is 0 Å². The van der Waals surface area contributed by atoms with E-state index in [1.165, 1.54) is 5.56 Å². The number of nitrogens with zero attached hydrogens (tertiary/aromatic N) is 7. The van der Waals surface area contributed by atoms with Crippen LogP contribution in [0.1, 0.15) is 11.3 Å². The zero-order chi connectivity index (χ0) is 17.8. The molecule has 3 aromatic heterocycles. The predicted molar refractivity (Wildman–Crippen MR) is 98.7 cm³/mol. The first kappa shape index (κ1) is 16.9. The first-order valence-electron chi connectivity index (χ1n) is 8.41. The summed E-state index contributed by atoms with van der Waals surface area (Å²) in [7, 11) is 1.84. The standard InChI is InChI=1S/C16H19N9S/c1-25-16(22-23-24-25)26-8-7-19-15-12-4-6-18-10-13(12)20-14(21-15)11-3-2-5-17-9-11/h2-3,5,9,18H,4,6-8,10H2,1H3,(H,19,20,21). The maximum atomic E-state index is 4.76. The van der Waals surface area contributed by atoms with Crippen LogP contribution in [0, 0.1) is 0 Å². The highest BCUT2D eigenvalue weighted by Gasteiger charge is 2.18. The normalized spacial score (nSPS) is 13.4. The van der Waals surface area contributed by atoms with Crippen molar-refractivity contribution in [3.8, 4) is 11.4 Å². The minimum absolute atomic E-state index is 0.702. The lowest BCUT2D eigenvalue weighted by atomic mass is 10.1. The van der Waals surface area contributed by atoms with Crippen molar-refractivity contribution in [2.75, 3.05) is 24.2 Å². The average Bonchev–Trinajstić information content (AvgIpc) is 3.10. The molecule has 0 spiro atoms. The predicted octanol–water partition coefficient (Wildman–Crippen LogP) is 0.912. The lowest BCUT2D eigenvalue weighted by Crippen LogP contribution is -2.27. The summed E-state index contributed by atoms with van der Waals surface area (Å²) in [6, 6.07) is 3.88. The summed E-state index contributed by atoms with van der Waals surface area (Å²) < 4.78 is 1.67. The summed E-state index contributed by atoms with van der Waals surface area (Å²) in [5.74, 6) is 2.45. The lowest BCUT2D eigenvalue weighted by molar-refractivity contribution is 0.625. The molecule has 1 aliphatic rings. The number of aryl methyl sites for hydroxylation is 1. The van der Waals surface area contributed by atoms with Gasteiger partial charge in [-0.25, -0.2) is 14.6 Å². The molecular weight excluding hydrogens is 350 g/mol. The number of rotatable bonds is 6. The highest BCUT2D eigenvalue weighted by Crippen LogP contribution is 2.24. The molecule has 0 amide bonds. The van der Waals surface area contributed by atoms with Gasteiger partial charge in [-0.1, -0.05) is 11.8 Å². The van der Waals surface area contributed by atoms with Crippen molar-refractivity contribution in [3.05, 3.63) is 35.8 Å². The van der Waals surface area contributed by atoms with Gasteiger partial charge in [-0.3, -0.25) is 4.98 Å². The van der Waals surface area contributed by atoms with Crippen LogP contribution < -0.4 is 10.6 Å². The van der Waals surface area contributed by atoms with Gasteiger partial charge in [-0.05, 0) is 35.5 Å². The molecule has 134 valence electrons. The fraction of sp³-hybridized carbons (Fsp3) is 0.375. The number of thioether (sulfide) groups is 1. The van der Waals surface area contributed by atoms with Crippen LogP contribution in [-0.2, 0) is 20.0 Å². The number of tetrazole rings is 1. The molecule has 10 heteroatoms. The number of aromatic nitrogens is 7. The Morgan fingerprint density at radius 3 is 3.12 bits per heavy atom. The molecule has 0 radical (unpaired) electrons. The van der Waals surface area contributed by atoms with Gasteiger partial charge in [0, 0.05) is 49.4 Å². The second-order valence-corrected chi connectivity index (χ2v) is 6.91. The van der Waals surface area contributed by atoms with E-state index in [9.17, 15) is 0 Å². The minimum Gasteiger partial charge on any atom is -0.369 e. The molecule has 2 N–H and O–H groups in total. The van der Waals surface area contributed by atoms with Crippen molar-refractivity contribution in [1.29, 1.82) is 0 Å². The highest BCUT2D eigenvalue weighted by molar-refractivity contribution is 7.99. The SMILES string of the molecule is Cn1nnnc1SCCNc1nc(-c2cccnc2)nc2c1CCNC2. The maximum Gasteiger partial charge on any atom is 0.209 e. The van der Waals surface area contributed by atoms with Crippen molar-refractivity contribution < 1.29 is 0 Å². The molecule has 4 heterocycles. The van der Waals surface area contributed by atoms with E-state index in [1.807, 2.05) is 19.2 Å². The fourth-order valence-corrected chi connectivity index (χ4v) is 3.49. The van der Waals surface area contributed by atoms with Gasteiger partial charge in [-0.15, -0.1) is 5.10 Å². The van der Waals surface area contributed by atoms with Crippen molar-refractivity contribution in [2.24, 2.45) is 7.05 Å². The maximum absolute atomic E-state index is 4.76. The topological polar surface area (TPSA) is 106 Å². The number of anilines is 1. The van der Waals surface area contributed by atoms with Gasteiger partial charge >= 0.3 is 0 Å². The van der Waals surface area contributed by atoms with Gasteiger partial charge in [0.15, 0.2) is 5.82 Å². The van der Waals surface area contributed by atoms with Crippen LogP contribution in [0.5, 0.6) is 0 Å². The van der Waals surface area contributed by atoms with Crippen LogP contribution in [0.4, 0.5) is 5.82 Å². The van der Waals surface area contributed by atoms with Crippen LogP contribution >= 0.6 is 11.8 Å². The summed E-state index contributed by atoms with van der Waals surface area (Å²) in [5.41, 5.74) is 3.17. The second-order valence-electron chi connectivity index (χ2n) is 5.85. The van der Waals surface area contributed by atoms with E-state index in [0.29, 0.717) is 5.82 Å².